The van der Waals surface area contributed by atoms with Crippen molar-refractivity contribution in [2.45, 2.75) is 25.1 Å². The second-order valence-electron chi connectivity index (χ2n) is 7.77. The molecule has 1 aliphatic rings. The first-order valence-electron chi connectivity index (χ1n) is 10.4. The predicted molar refractivity (Wildman–Crippen MR) is 114 cm³/mol. The monoisotopic (exact) mass is 461 g/mol. The molecule has 33 heavy (non-hydrogen) atoms. The number of pyridine rings is 1. The lowest BCUT2D eigenvalue weighted by molar-refractivity contribution is -0.138. The zero-order valence-electron chi connectivity index (χ0n) is 17.8. The molecular weight excluding hydrogens is 439 g/mol. The molecule has 0 atom stereocenters. The molecule has 1 N–H and O–H groups in total. The van der Waals surface area contributed by atoms with Gasteiger partial charge in [-0.25, -0.2) is 0 Å². The molecule has 1 aromatic carbocycles. The molecule has 3 heterocycles. The van der Waals surface area contributed by atoms with Crippen LogP contribution < -0.4 is 10.1 Å². The number of hydrogen-bond donors (Lipinski definition) is 1. The highest BCUT2D eigenvalue weighted by molar-refractivity contribution is 6.06. The predicted octanol–water partition coefficient (Wildman–Crippen LogP) is 3.55. The molecule has 0 aliphatic carbocycles. The van der Waals surface area contributed by atoms with Crippen LogP contribution in [-0.2, 0) is 11.0 Å². The minimum Gasteiger partial charge on any atom is -0.494 e. The Morgan fingerprint density at radius 1 is 1.30 bits per heavy atom. The van der Waals surface area contributed by atoms with Gasteiger partial charge in [-0.1, -0.05) is 0 Å². The summed E-state index contributed by atoms with van der Waals surface area (Å²) in [5, 5.41) is 7.81. The van der Waals surface area contributed by atoms with Crippen molar-refractivity contribution in [3.05, 3.63) is 47.9 Å². The highest BCUT2D eigenvalue weighted by Crippen LogP contribution is 2.34. The van der Waals surface area contributed by atoms with Crippen LogP contribution in [0.1, 0.15) is 34.9 Å². The smallest absolute Gasteiger partial charge is 0.418 e. The number of nitrogens with one attached hydrogen (secondary N) is 1. The van der Waals surface area contributed by atoms with Gasteiger partial charge in [0, 0.05) is 36.9 Å². The number of carbonyl (C=O) groups is 2. The van der Waals surface area contributed by atoms with E-state index >= 15 is 0 Å². The van der Waals surface area contributed by atoms with Crippen molar-refractivity contribution in [3.63, 3.8) is 0 Å². The first-order chi connectivity index (χ1) is 15.8. The molecule has 0 radical (unpaired) electrons. The lowest BCUT2D eigenvalue weighted by Gasteiger charge is -2.30. The largest absolute Gasteiger partial charge is 0.494 e. The maximum absolute atomic E-state index is 13.3. The summed E-state index contributed by atoms with van der Waals surface area (Å²) in [6, 6.07) is 5.35. The van der Waals surface area contributed by atoms with Crippen molar-refractivity contribution in [1.82, 2.24) is 19.7 Å². The van der Waals surface area contributed by atoms with E-state index in [-0.39, 0.29) is 17.5 Å². The molecule has 3 aromatic rings. The van der Waals surface area contributed by atoms with Crippen LogP contribution in [0.4, 0.5) is 18.9 Å². The summed E-state index contributed by atoms with van der Waals surface area (Å²) in [7, 11) is 1.40. The number of alkyl halides is 3. The van der Waals surface area contributed by atoms with E-state index in [1.165, 1.54) is 7.11 Å². The van der Waals surface area contributed by atoms with Crippen molar-refractivity contribution in [3.8, 4) is 5.75 Å². The molecule has 1 amide bonds. The topological polar surface area (TPSA) is 89.4 Å². The average Bonchev–Trinajstić information content (AvgIpc) is 3.21. The minimum absolute atomic E-state index is 0.159. The second kappa shape index (κ2) is 9.18. The third-order valence-electron chi connectivity index (χ3n) is 5.68. The van der Waals surface area contributed by atoms with Crippen LogP contribution >= 0.6 is 0 Å². The van der Waals surface area contributed by atoms with E-state index in [1.807, 2.05) is 10.9 Å². The summed E-state index contributed by atoms with van der Waals surface area (Å²) < 4.78 is 47.0. The quantitative estimate of drug-likeness (QED) is 0.565. The van der Waals surface area contributed by atoms with E-state index in [4.69, 9.17) is 4.74 Å². The van der Waals surface area contributed by atoms with Crippen LogP contribution in [0, 0.1) is 0 Å². The highest BCUT2D eigenvalue weighted by Gasteiger charge is 2.36. The first kappa shape index (κ1) is 22.7. The number of likely N-dealkylation sites (tertiary alicyclic amines) is 1. The third-order valence-corrected chi connectivity index (χ3v) is 5.68. The lowest BCUT2D eigenvalue weighted by atomic mass is 10.1. The average molecular weight is 461 g/mol. The number of ether oxygens (including phenoxy) is 1. The van der Waals surface area contributed by atoms with Gasteiger partial charge >= 0.3 is 6.18 Å². The lowest BCUT2D eigenvalue weighted by Crippen LogP contribution is -2.35. The van der Waals surface area contributed by atoms with Gasteiger partial charge in [0.2, 0.25) is 0 Å². The van der Waals surface area contributed by atoms with E-state index in [0.717, 1.165) is 50.5 Å². The maximum Gasteiger partial charge on any atom is 0.418 e. The SMILES string of the molecule is COc1cc2nn(C3CCN(CC=O)CC3)cc2cc1NC(=O)c1ncccc1C(F)(F)F. The molecule has 1 aliphatic heterocycles. The Balaban J connectivity index is 1.59. The van der Waals surface area contributed by atoms with E-state index in [0.29, 0.717) is 17.4 Å². The van der Waals surface area contributed by atoms with Gasteiger partial charge in [0.25, 0.3) is 5.91 Å². The Hall–Kier alpha value is -3.47. The second-order valence-corrected chi connectivity index (χ2v) is 7.77. The number of rotatable bonds is 6. The van der Waals surface area contributed by atoms with Crippen LogP contribution in [0.3, 0.4) is 0 Å². The Bertz CT molecular complexity index is 1170. The molecule has 0 unspecified atom stereocenters. The number of nitrogens with zero attached hydrogens (tertiary/aromatic N) is 4. The summed E-state index contributed by atoms with van der Waals surface area (Å²) in [6.45, 7) is 1.99. The van der Waals surface area contributed by atoms with E-state index < -0.39 is 23.3 Å². The van der Waals surface area contributed by atoms with Gasteiger partial charge in [-0.05, 0) is 31.0 Å². The van der Waals surface area contributed by atoms with Gasteiger partial charge in [-0.15, -0.1) is 0 Å². The number of amides is 1. The summed E-state index contributed by atoms with van der Waals surface area (Å²) in [5.74, 6) is -0.720. The summed E-state index contributed by atoms with van der Waals surface area (Å²) in [6.07, 6.45) is 0.830. The van der Waals surface area contributed by atoms with Crippen molar-refractivity contribution >= 4 is 28.8 Å². The normalized spacial score (nSPS) is 15.5. The number of benzene rings is 1. The Labute approximate surface area is 187 Å². The number of aromatic nitrogens is 3. The van der Waals surface area contributed by atoms with Gasteiger partial charge in [0.1, 0.15) is 17.7 Å². The molecule has 4 rings (SSSR count). The van der Waals surface area contributed by atoms with Crippen molar-refractivity contribution in [1.29, 1.82) is 0 Å². The Kier molecular flexibility index (Phi) is 6.32. The van der Waals surface area contributed by atoms with E-state index in [2.05, 4.69) is 20.3 Å². The number of anilines is 1. The molecule has 8 nitrogen and oxygen atoms in total. The number of fused-ring (bicyclic) bond motifs is 1. The van der Waals surface area contributed by atoms with Crippen LogP contribution in [0.5, 0.6) is 5.75 Å². The molecular formula is C22H22F3N5O3. The number of hydrogen-bond acceptors (Lipinski definition) is 6. The van der Waals surface area contributed by atoms with Gasteiger partial charge < -0.3 is 14.8 Å². The number of piperidine rings is 1. The van der Waals surface area contributed by atoms with E-state index in [1.54, 1.807) is 12.1 Å². The van der Waals surface area contributed by atoms with Crippen LogP contribution in [0.2, 0.25) is 0 Å². The molecule has 0 spiro atoms. The molecule has 11 heteroatoms. The number of halogens is 3. The zero-order valence-corrected chi connectivity index (χ0v) is 17.8. The summed E-state index contributed by atoms with van der Waals surface area (Å²) in [5.41, 5.74) is -0.982. The van der Waals surface area contributed by atoms with Crippen LogP contribution in [0.25, 0.3) is 10.9 Å². The van der Waals surface area contributed by atoms with Crippen molar-refractivity contribution in [2.24, 2.45) is 0 Å². The maximum atomic E-state index is 13.3. The Morgan fingerprint density at radius 3 is 2.73 bits per heavy atom. The summed E-state index contributed by atoms with van der Waals surface area (Å²) in [4.78, 5) is 29.1. The van der Waals surface area contributed by atoms with Gasteiger partial charge in [0.15, 0.2) is 0 Å². The molecule has 1 fully saturated rings. The fourth-order valence-corrected chi connectivity index (χ4v) is 3.99. The molecule has 174 valence electrons. The number of methoxy groups -OCH3 is 1. The van der Waals surface area contributed by atoms with Crippen LogP contribution in [-0.4, -0.2) is 58.6 Å². The van der Waals surface area contributed by atoms with Gasteiger partial charge in [0.05, 0.1) is 36.5 Å². The van der Waals surface area contributed by atoms with E-state index in [9.17, 15) is 22.8 Å². The Morgan fingerprint density at radius 2 is 2.06 bits per heavy atom. The molecule has 2 aromatic heterocycles. The number of carbonyl (C=O) groups excluding carboxylic acids is 2. The fraction of sp³-hybridized carbons (Fsp3) is 0.364. The van der Waals surface area contributed by atoms with Crippen LogP contribution in [0.15, 0.2) is 36.7 Å². The standard InChI is InChI=1S/C22H22F3N5O3/c1-33-19-12-17-14(13-30(28-17)15-4-7-29(8-5-15)9-10-31)11-18(19)27-21(32)20-16(22(23,24)25)3-2-6-26-20/h2-3,6,10-13,15H,4-5,7-9H2,1H3,(H,27,32). The molecule has 1 saturated heterocycles. The highest BCUT2D eigenvalue weighted by atomic mass is 19.4. The van der Waals surface area contributed by atoms with Gasteiger partial charge in [-0.2, -0.15) is 18.3 Å². The third kappa shape index (κ3) is 4.82. The molecule has 0 bridgehead atoms. The fourth-order valence-electron chi connectivity index (χ4n) is 3.99. The number of aldehydes is 1. The first-order valence-corrected chi connectivity index (χ1v) is 10.4. The van der Waals surface area contributed by atoms with Crippen molar-refractivity contribution < 1.29 is 27.5 Å². The minimum atomic E-state index is -4.71. The zero-order chi connectivity index (χ0) is 23.6. The molecule has 0 saturated carbocycles. The van der Waals surface area contributed by atoms with Gasteiger partial charge in [-0.3, -0.25) is 19.4 Å². The van der Waals surface area contributed by atoms with Crippen molar-refractivity contribution in [2.75, 3.05) is 32.1 Å². The summed E-state index contributed by atoms with van der Waals surface area (Å²) >= 11 is 0.